The Morgan fingerprint density at radius 3 is 1.90 bits per heavy atom. The van der Waals surface area contributed by atoms with Crippen LogP contribution >= 0.6 is 0 Å². The molecule has 0 fully saturated rings. The number of ether oxygens (including phenoxy) is 2. The minimum atomic E-state index is -5.36. The van der Waals surface area contributed by atoms with Gasteiger partial charge in [-0.05, 0) is 13.8 Å². The molecular formula is C10H11F3O8. The van der Waals surface area contributed by atoms with Crippen LogP contribution in [0.3, 0.4) is 0 Å². The smallest absolute Gasteiger partial charge is 0.426 e. The van der Waals surface area contributed by atoms with E-state index in [1.165, 1.54) is 0 Å². The molecule has 0 aliphatic rings. The summed E-state index contributed by atoms with van der Waals surface area (Å²) < 4.78 is 44.3. The zero-order valence-electron chi connectivity index (χ0n) is 11.1. The van der Waals surface area contributed by atoms with E-state index in [1.54, 1.807) is 0 Å². The van der Waals surface area contributed by atoms with E-state index in [-0.39, 0.29) is 6.47 Å². The molecule has 0 saturated carbocycles. The SMILES string of the molecule is CC(=O)OC(OC=O)C(C)(C)C(=O)OOC(=O)C(F)(F)F. The summed E-state index contributed by atoms with van der Waals surface area (Å²) in [6, 6.07) is 0. The number of carbonyl (C=O) groups excluding carboxylic acids is 4. The Labute approximate surface area is 116 Å². The van der Waals surface area contributed by atoms with Gasteiger partial charge in [-0.3, -0.25) is 9.59 Å². The number of rotatable bonds is 5. The minimum Gasteiger partial charge on any atom is -0.426 e. The van der Waals surface area contributed by atoms with Gasteiger partial charge in [0.2, 0.25) is 0 Å². The molecule has 0 aromatic heterocycles. The van der Waals surface area contributed by atoms with Crippen LogP contribution in [0.15, 0.2) is 0 Å². The molecule has 120 valence electrons. The molecule has 11 heteroatoms. The van der Waals surface area contributed by atoms with Crippen LogP contribution in [-0.2, 0) is 38.4 Å². The molecule has 0 aliphatic carbocycles. The van der Waals surface area contributed by atoms with Crippen LogP contribution in [0.25, 0.3) is 0 Å². The molecule has 1 unspecified atom stereocenters. The average Bonchev–Trinajstić information content (AvgIpc) is 2.33. The van der Waals surface area contributed by atoms with Crippen molar-refractivity contribution in [2.45, 2.75) is 33.2 Å². The van der Waals surface area contributed by atoms with Crippen LogP contribution in [0, 0.1) is 5.41 Å². The molecule has 21 heavy (non-hydrogen) atoms. The van der Waals surface area contributed by atoms with E-state index in [1.807, 2.05) is 0 Å². The number of esters is 1. The van der Waals surface area contributed by atoms with E-state index < -0.39 is 35.8 Å². The number of halogens is 3. The van der Waals surface area contributed by atoms with Gasteiger partial charge in [-0.25, -0.2) is 19.4 Å². The highest BCUT2D eigenvalue weighted by Gasteiger charge is 2.47. The molecule has 0 aliphatic heterocycles. The summed E-state index contributed by atoms with van der Waals surface area (Å²) in [4.78, 5) is 50.0. The molecular weight excluding hydrogens is 305 g/mol. The fourth-order valence-electron chi connectivity index (χ4n) is 0.873. The highest BCUT2D eigenvalue weighted by Crippen LogP contribution is 2.27. The standard InChI is InChI=1S/C10H11F3O8/c1-5(15)19-8(18-4-14)9(2,3)6(16)20-21-7(17)10(11,12)13/h4,8H,1-3H3. The molecule has 8 nitrogen and oxygen atoms in total. The Kier molecular flexibility index (Phi) is 6.14. The molecule has 0 rings (SSSR count). The van der Waals surface area contributed by atoms with Crippen LogP contribution in [0.2, 0.25) is 0 Å². The van der Waals surface area contributed by atoms with Crippen molar-refractivity contribution in [2.24, 2.45) is 5.41 Å². The third-order valence-electron chi connectivity index (χ3n) is 1.99. The van der Waals surface area contributed by atoms with Crippen LogP contribution < -0.4 is 0 Å². The Hall–Kier alpha value is -2.33. The van der Waals surface area contributed by atoms with Gasteiger partial charge >= 0.3 is 24.1 Å². The zero-order chi connectivity index (χ0) is 16.8. The first-order chi connectivity index (χ1) is 9.42. The van der Waals surface area contributed by atoms with Gasteiger partial charge in [0.1, 0.15) is 5.41 Å². The number of carbonyl (C=O) groups is 4. The number of alkyl halides is 3. The van der Waals surface area contributed by atoms with Crippen molar-refractivity contribution in [1.29, 1.82) is 0 Å². The average molecular weight is 316 g/mol. The van der Waals surface area contributed by atoms with Gasteiger partial charge in [0, 0.05) is 6.92 Å². The highest BCUT2D eigenvalue weighted by atomic mass is 19.4. The third-order valence-corrected chi connectivity index (χ3v) is 1.99. The van der Waals surface area contributed by atoms with Gasteiger partial charge in [-0.15, -0.1) is 0 Å². The summed E-state index contributed by atoms with van der Waals surface area (Å²) in [5.41, 5.74) is -1.93. The second-order valence-corrected chi connectivity index (χ2v) is 4.13. The summed E-state index contributed by atoms with van der Waals surface area (Å²) in [7, 11) is 0. The van der Waals surface area contributed by atoms with Crippen molar-refractivity contribution >= 4 is 24.4 Å². The second kappa shape index (κ2) is 6.90. The lowest BCUT2D eigenvalue weighted by molar-refractivity contribution is -0.296. The van der Waals surface area contributed by atoms with Gasteiger partial charge in [0.15, 0.2) is 0 Å². The predicted molar refractivity (Wildman–Crippen MR) is 54.7 cm³/mol. The summed E-state index contributed by atoms with van der Waals surface area (Å²) >= 11 is 0. The maximum absolute atomic E-state index is 11.8. The summed E-state index contributed by atoms with van der Waals surface area (Å²) in [6.45, 7) is 2.83. The maximum Gasteiger partial charge on any atom is 0.495 e. The van der Waals surface area contributed by atoms with Crippen molar-refractivity contribution in [3.63, 3.8) is 0 Å². The van der Waals surface area contributed by atoms with Crippen molar-refractivity contribution in [3.05, 3.63) is 0 Å². The molecule has 0 aromatic rings. The molecule has 0 radical (unpaired) electrons. The summed E-state index contributed by atoms with van der Waals surface area (Å²) in [5.74, 6) is -5.23. The number of hydrogen-bond acceptors (Lipinski definition) is 8. The van der Waals surface area contributed by atoms with E-state index in [9.17, 15) is 32.3 Å². The maximum atomic E-state index is 11.8. The van der Waals surface area contributed by atoms with Gasteiger partial charge in [-0.2, -0.15) is 13.2 Å². The molecule has 0 bridgehead atoms. The van der Waals surface area contributed by atoms with Gasteiger partial charge < -0.3 is 9.47 Å². The third kappa shape index (κ3) is 5.67. The first-order valence-corrected chi connectivity index (χ1v) is 5.19. The van der Waals surface area contributed by atoms with Gasteiger partial charge in [0.25, 0.3) is 12.8 Å². The molecule has 0 spiro atoms. The topological polar surface area (TPSA) is 105 Å². The molecule has 0 aromatic carbocycles. The van der Waals surface area contributed by atoms with Crippen LogP contribution in [0.5, 0.6) is 0 Å². The van der Waals surface area contributed by atoms with Crippen molar-refractivity contribution < 1.29 is 51.6 Å². The first kappa shape index (κ1) is 18.7. The Morgan fingerprint density at radius 1 is 1.05 bits per heavy atom. The lowest BCUT2D eigenvalue weighted by Gasteiger charge is -2.28. The lowest BCUT2D eigenvalue weighted by atomic mass is 9.93. The fourth-order valence-corrected chi connectivity index (χ4v) is 0.873. The van der Waals surface area contributed by atoms with Crippen LogP contribution in [0.1, 0.15) is 20.8 Å². The second-order valence-electron chi connectivity index (χ2n) is 4.13. The predicted octanol–water partition coefficient (Wildman–Crippen LogP) is 0.638. The van der Waals surface area contributed by atoms with Crippen molar-refractivity contribution in [3.8, 4) is 0 Å². The fraction of sp³-hybridized carbons (Fsp3) is 0.600. The Morgan fingerprint density at radius 2 is 1.52 bits per heavy atom. The van der Waals surface area contributed by atoms with E-state index in [4.69, 9.17) is 0 Å². The van der Waals surface area contributed by atoms with Gasteiger partial charge in [0.05, 0.1) is 0 Å². The minimum absolute atomic E-state index is 0.148. The van der Waals surface area contributed by atoms with Crippen molar-refractivity contribution in [1.82, 2.24) is 0 Å². The number of hydrogen-bond donors (Lipinski definition) is 0. The van der Waals surface area contributed by atoms with E-state index >= 15 is 0 Å². The normalized spacial score (nSPS) is 12.9. The Balaban J connectivity index is 4.86. The van der Waals surface area contributed by atoms with Crippen LogP contribution in [0.4, 0.5) is 13.2 Å². The lowest BCUT2D eigenvalue weighted by Crippen LogP contribution is -2.43. The molecule has 0 saturated heterocycles. The molecule has 0 N–H and O–H groups in total. The molecule has 0 amide bonds. The van der Waals surface area contributed by atoms with E-state index in [0.29, 0.717) is 0 Å². The summed E-state index contributed by atoms with van der Waals surface area (Å²) in [5, 5.41) is 0. The molecule has 0 heterocycles. The van der Waals surface area contributed by atoms with Crippen LogP contribution in [-0.4, -0.2) is 36.8 Å². The summed E-state index contributed by atoms with van der Waals surface area (Å²) in [6.07, 6.45) is -7.15. The zero-order valence-corrected chi connectivity index (χ0v) is 11.1. The van der Waals surface area contributed by atoms with Crippen molar-refractivity contribution in [2.75, 3.05) is 0 Å². The molecule has 1 atom stereocenters. The van der Waals surface area contributed by atoms with E-state index in [2.05, 4.69) is 19.2 Å². The largest absolute Gasteiger partial charge is 0.495 e. The Bertz CT molecular complexity index is 429. The van der Waals surface area contributed by atoms with Gasteiger partial charge in [-0.1, -0.05) is 0 Å². The monoisotopic (exact) mass is 316 g/mol. The quantitative estimate of drug-likeness (QED) is 0.239. The van der Waals surface area contributed by atoms with E-state index in [0.717, 1.165) is 20.8 Å². The first-order valence-electron chi connectivity index (χ1n) is 5.19. The highest BCUT2D eigenvalue weighted by molar-refractivity contribution is 5.79.